The van der Waals surface area contributed by atoms with Gasteiger partial charge in [0.2, 0.25) is 0 Å². The first-order chi connectivity index (χ1) is 7.07. The van der Waals surface area contributed by atoms with E-state index in [4.69, 9.17) is 5.73 Å². The van der Waals surface area contributed by atoms with E-state index in [2.05, 4.69) is 19.9 Å². The predicted molar refractivity (Wildman–Crippen MR) is 63.9 cm³/mol. The van der Waals surface area contributed by atoms with Crippen LogP contribution in [-0.2, 0) is 0 Å². The molecule has 2 nitrogen and oxygen atoms in total. The Hall–Kier alpha value is -0.380. The van der Waals surface area contributed by atoms with Crippen LogP contribution in [0.15, 0.2) is 12.1 Å². The smallest absolute Gasteiger partial charge is 0.0950 e. The van der Waals surface area contributed by atoms with Crippen LogP contribution in [-0.4, -0.2) is 11.7 Å². The number of hydrogen-bond donors (Lipinski definition) is 2. The molecule has 3 heteroatoms. The molecule has 0 saturated heterocycles. The maximum atomic E-state index is 10.4. The average molecular weight is 225 g/mol. The minimum Gasteiger partial charge on any atom is -0.387 e. The normalized spacial score (nSPS) is 32.4. The molecular weight excluding hydrogens is 206 g/mol. The minimum absolute atomic E-state index is 0.0449. The number of aryl methyl sites for hydroxylation is 1. The molecule has 0 radical (unpaired) electrons. The SMILES string of the molecule is Cc1ccc([C@@H](O)C2(CN)CC(C)C2)s1. The van der Waals surface area contributed by atoms with E-state index in [-0.39, 0.29) is 11.5 Å². The number of rotatable bonds is 3. The molecule has 1 aliphatic carbocycles. The molecule has 0 aliphatic heterocycles. The number of aliphatic hydroxyl groups excluding tert-OH is 1. The second kappa shape index (κ2) is 3.89. The fraction of sp³-hybridized carbons (Fsp3) is 0.667. The van der Waals surface area contributed by atoms with Crippen LogP contribution in [0.4, 0.5) is 0 Å². The van der Waals surface area contributed by atoms with Crippen molar-refractivity contribution in [3.05, 3.63) is 21.9 Å². The Bertz CT molecular complexity index is 341. The molecule has 84 valence electrons. The van der Waals surface area contributed by atoms with Gasteiger partial charge in [0.1, 0.15) is 0 Å². The van der Waals surface area contributed by atoms with Crippen molar-refractivity contribution in [1.29, 1.82) is 0 Å². The van der Waals surface area contributed by atoms with E-state index in [0.717, 1.165) is 17.7 Å². The highest BCUT2D eigenvalue weighted by Gasteiger charge is 2.47. The van der Waals surface area contributed by atoms with Crippen LogP contribution in [0.25, 0.3) is 0 Å². The fourth-order valence-corrected chi connectivity index (χ4v) is 3.74. The van der Waals surface area contributed by atoms with Crippen molar-refractivity contribution in [2.75, 3.05) is 6.54 Å². The lowest BCUT2D eigenvalue weighted by molar-refractivity contribution is -0.0583. The summed E-state index contributed by atoms with van der Waals surface area (Å²) in [7, 11) is 0. The molecule has 1 aromatic heterocycles. The summed E-state index contributed by atoms with van der Waals surface area (Å²) >= 11 is 1.68. The second-order valence-electron chi connectivity index (χ2n) is 4.93. The Balaban J connectivity index is 2.16. The standard InChI is InChI=1S/C12H19NOS/c1-8-5-12(6-8,7-13)11(14)10-4-3-9(2)15-10/h3-4,8,11,14H,5-7,13H2,1-2H3/t8?,11-,12?/m1/s1. The Morgan fingerprint density at radius 3 is 2.67 bits per heavy atom. The molecule has 1 aromatic rings. The maximum absolute atomic E-state index is 10.4. The summed E-state index contributed by atoms with van der Waals surface area (Å²) in [6.07, 6.45) is 1.75. The lowest BCUT2D eigenvalue weighted by Crippen LogP contribution is -2.46. The molecule has 2 rings (SSSR count). The molecule has 1 atom stereocenters. The Morgan fingerprint density at radius 1 is 1.60 bits per heavy atom. The highest BCUT2D eigenvalue weighted by Crippen LogP contribution is 2.53. The first kappa shape index (κ1) is 11.1. The highest BCUT2D eigenvalue weighted by atomic mass is 32.1. The van der Waals surface area contributed by atoms with Crippen LogP contribution in [0.1, 0.15) is 35.6 Å². The third-order valence-electron chi connectivity index (χ3n) is 3.53. The highest BCUT2D eigenvalue weighted by molar-refractivity contribution is 7.12. The van der Waals surface area contributed by atoms with E-state index in [1.807, 2.05) is 6.07 Å². The van der Waals surface area contributed by atoms with Gasteiger partial charge in [0.05, 0.1) is 6.10 Å². The van der Waals surface area contributed by atoms with Crippen molar-refractivity contribution in [3.8, 4) is 0 Å². The molecule has 1 saturated carbocycles. The van der Waals surface area contributed by atoms with Crippen LogP contribution in [0.3, 0.4) is 0 Å². The van der Waals surface area contributed by atoms with E-state index in [9.17, 15) is 5.11 Å². The number of thiophene rings is 1. The molecule has 1 heterocycles. The summed E-state index contributed by atoms with van der Waals surface area (Å²) in [4.78, 5) is 2.33. The van der Waals surface area contributed by atoms with Crippen molar-refractivity contribution in [2.45, 2.75) is 32.8 Å². The zero-order chi connectivity index (χ0) is 11.1. The maximum Gasteiger partial charge on any atom is 0.0950 e. The van der Waals surface area contributed by atoms with Gasteiger partial charge in [-0.15, -0.1) is 11.3 Å². The lowest BCUT2D eigenvalue weighted by Gasteiger charge is -2.48. The van der Waals surface area contributed by atoms with Gasteiger partial charge in [-0.2, -0.15) is 0 Å². The zero-order valence-corrected chi connectivity index (χ0v) is 10.2. The van der Waals surface area contributed by atoms with E-state index in [1.54, 1.807) is 11.3 Å². The van der Waals surface area contributed by atoms with Gasteiger partial charge in [-0.3, -0.25) is 0 Å². The van der Waals surface area contributed by atoms with E-state index in [0.29, 0.717) is 12.5 Å². The molecule has 0 aromatic carbocycles. The van der Waals surface area contributed by atoms with Crippen molar-refractivity contribution < 1.29 is 5.11 Å². The quantitative estimate of drug-likeness (QED) is 0.830. The molecule has 15 heavy (non-hydrogen) atoms. The molecular formula is C12H19NOS. The summed E-state index contributed by atoms with van der Waals surface area (Å²) in [6, 6.07) is 4.10. The predicted octanol–water partition coefficient (Wildman–Crippen LogP) is 2.46. The minimum atomic E-state index is -0.364. The molecule has 0 amide bonds. The van der Waals surface area contributed by atoms with Crippen LogP contribution in [0.5, 0.6) is 0 Å². The second-order valence-corrected chi connectivity index (χ2v) is 6.25. The zero-order valence-electron chi connectivity index (χ0n) is 9.36. The van der Waals surface area contributed by atoms with Crippen LogP contribution in [0, 0.1) is 18.3 Å². The molecule has 0 spiro atoms. The van der Waals surface area contributed by atoms with E-state index >= 15 is 0 Å². The topological polar surface area (TPSA) is 46.2 Å². The molecule has 0 unspecified atom stereocenters. The van der Waals surface area contributed by atoms with Gasteiger partial charge < -0.3 is 10.8 Å². The van der Waals surface area contributed by atoms with E-state index < -0.39 is 0 Å². The Labute approximate surface area is 95.1 Å². The molecule has 1 aliphatic rings. The lowest BCUT2D eigenvalue weighted by atomic mass is 9.59. The van der Waals surface area contributed by atoms with E-state index in [1.165, 1.54) is 4.88 Å². The van der Waals surface area contributed by atoms with Crippen molar-refractivity contribution in [3.63, 3.8) is 0 Å². The summed E-state index contributed by atoms with van der Waals surface area (Å²) in [5.41, 5.74) is 5.78. The largest absolute Gasteiger partial charge is 0.387 e. The van der Waals surface area contributed by atoms with Gasteiger partial charge in [0, 0.05) is 21.7 Å². The summed E-state index contributed by atoms with van der Waals surface area (Å²) in [5, 5.41) is 10.4. The van der Waals surface area contributed by atoms with Crippen molar-refractivity contribution in [2.24, 2.45) is 17.1 Å². The first-order valence-corrected chi connectivity index (χ1v) is 6.33. The monoisotopic (exact) mass is 225 g/mol. The van der Waals surface area contributed by atoms with Crippen molar-refractivity contribution in [1.82, 2.24) is 0 Å². The molecule has 0 bridgehead atoms. The summed E-state index contributed by atoms with van der Waals surface area (Å²) in [5.74, 6) is 0.712. The summed E-state index contributed by atoms with van der Waals surface area (Å²) in [6.45, 7) is 4.88. The Kier molecular flexibility index (Phi) is 2.88. The van der Waals surface area contributed by atoms with Gasteiger partial charge in [-0.05, 0) is 37.8 Å². The van der Waals surface area contributed by atoms with Gasteiger partial charge >= 0.3 is 0 Å². The number of hydrogen-bond acceptors (Lipinski definition) is 3. The van der Waals surface area contributed by atoms with Crippen LogP contribution in [0.2, 0.25) is 0 Å². The third-order valence-corrected chi connectivity index (χ3v) is 4.58. The molecule has 3 N–H and O–H groups in total. The number of aliphatic hydroxyl groups is 1. The fourth-order valence-electron chi connectivity index (χ4n) is 2.73. The van der Waals surface area contributed by atoms with Gasteiger partial charge in [-0.25, -0.2) is 0 Å². The average Bonchev–Trinajstić information content (AvgIpc) is 2.58. The van der Waals surface area contributed by atoms with Crippen LogP contribution >= 0.6 is 11.3 Å². The third kappa shape index (κ3) is 1.84. The first-order valence-electron chi connectivity index (χ1n) is 5.52. The van der Waals surface area contributed by atoms with Gasteiger partial charge in [0.25, 0.3) is 0 Å². The Morgan fingerprint density at radius 2 is 2.27 bits per heavy atom. The molecule has 1 fully saturated rings. The van der Waals surface area contributed by atoms with Crippen LogP contribution < -0.4 is 5.73 Å². The van der Waals surface area contributed by atoms with Crippen molar-refractivity contribution >= 4 is 11.3 Å². The summed E-state index contributed by atoms with van der Waals surface area (Å²) < 4.78 is 0. The number of nitrogens with two attached hydrogens (primary N) is 1. The van der Waals surface area contributed by atoms with Gasteiger partial charge in [0.15, 0.2) is 0 Å². The van der Waals surface area contributed by atoms with Gasteiger partial charge in [-0.1, -0.05) is 6.92 Å².